The van der Waals surface area contributed by atoms with Gasteiger partial charge in [-0.25, -0.2) is 8.42 Å². The summed E-state index contributed by atoms with van der Waals surface area (Å²) in [5.74, 6) is 0.119. The average Bonchev–Trinajstić information content (AvgIpc) is 2.54. The van der Waals surface area contributed by atoms with Crippen molar-refractivity contribution in [2.75, 3.05) is 25.4 Å². The average molecular weight is 359 g/mol. The van der Waals surface area contributed by atoms with Crippen LogP contribution in [0.4, 0.5) is 0 Å². The number of halogens is 1. The van der Waals surface area contributed by atoms with E-state index in [2.05, 4.69) is 10.2 Å². The molecule has 7 heteroatoms. The molecule has 2 rings (SSSR count). The van der Waals surface area contributed by atoms with Crippen molar-refractivity contribution in [1.82, 2.24) is 10.2 Å². The first-order valence-corrected chi connectivity index (χ1v) is 9.94. The zero-order chi connectivity index (χ0) is 16.9. The molecule has 0 bridgehead atoms. The molecule has 128 valence electrons. The number of nitrogens with zero attached hydrogens (tertiary/aromatic N) is 1. The van der Waals surface area contributed by atoms with Crippen LogP contribution in [-0.2, 0) is 14.6 Å². The molecule has 1 amide bonds. The van der Waals surface area contributed by atoms with Gasteiger partial charge in [-0.1, -0.05) is 18.5 Å². The van der Waals surface area contributed by atoms with E-state index in [1.54, 1.807) is 12.1 Å². The molecule has 1 fully saturated rings. The molecule has 1 aromatic carbocycles. The van der Waals surface area contributed by atoms with E-state index in [4.69, 9.17) is 11.6 Å². The summed E-state index contributed by atoms with van der Waals surface area (Å²) in [4.78, 5) is 13.9. The molecular weight excluding hydrogens is 336 g/mol. The van der Waals surface area contributed by atoms with Crippen molar-refractivity contribution in [1.29, 1.82) is 0 Å². The summed E-state index contributed by atoms with van der Waals surface area (Å²) in [6.07, 6.45) is 2.39. The van der Waals surface area contributed by atoms with Crippen LogP contribution in [-0.4, -0.2) is 50.7 Å². The van der Waals surface area contributed by atoms with Crippen LogP contribution in [0.5, 0.6) is 0 Å². The summed E-state index contributed by atoms with van der Waals surface area (Å²) < 4.78 is 24.7. The van der Waals surface area contributed by atoms with E-state index in [1.165, 1.54) is 12.1 Å². The Morgan fingerprint density at radius 3 is 2.70 bits per heavy atom. The second-order valence-corrected chi connectivity index (χ2v) is 8.38. The highest BCUT2D eigenvalue weighted by Gasteiger charge is 2.23. The second-order valence-electron chi connectivity index (χ2n) is 5.83. The fraction of sp³-hybridized carbons (Fsp3) is 0.562. The maximum Gasteiger partial charge on any atom is 0.219 e. The summed E-state index contributed by atoms with van der Waals surface area (Å²) in [7, 11) is -3.31. The third-order valence-electron chi connectivity index (χ3n) is 4.04. The summed E-state index contributed by atoms with van der Waals surface area (Å²) in [6.45, 7) is 3.88. The highest BCUT2D eigenvalue weighted by Crippen LogP contribution is 2.16. The normalized spacial score (nSPS) is 19.5. The molecule has 1 aromatic rings. The zero-order valence-corrected chi connectivity index (χ0v) is 14.9. The predicted octanol–water partition coefficient (Wildman–Crippen LogP) is 2.10. The highest BCUT2D eigenvalue weighted by molar-refractivity contribution is 7.91. The molecule has 23 heavy (non-hydrogen) atoms. The first kappa shape index (κ1) is 18.2. The summed E-state index contributed by atoms with van der Waals surface area (Å²) in [5, 5.41) is 3.51. The fourth-order valence-corrected chi connectivity index (χ4v) is 4.13. The number of sulfone groups is 1. The molecule has 1 N–H and O–H groups in total. The Hall–Kier alpha value is -1.11. The van der Waals surface area contributed by atoms with Gasteiger partial charge in [-0.05, 0) is 43.7 Å². The van der Waals surface area contributed by atoms with Crippen LogP contribution in [0.3, 0.4) is 0 Å². The lowest BCUT2D eigenvalue weighted by Gasteiger charge is -2.33. The van der Waals surface area contributed by atoms with Crippen molar-refractivity contribution < 1.29 is 13.2 Å². The van der Waals surface area contributed by atoms with Crippen molar-refractivity contribution in [2.24, 2.45) is 0 Å². The van der Waals surface area contributed by atoms with Gasteiger partial charge in [0.1, 0.15) is 0 Å². The van der Waals surface area contributed by atoms with Gasteiger partial charge in [0.05, 0.1) is 10.6 Å². The van der Waals surface area contributed by atoms with Gasteiger partial charge in [0.15, 0.2) is 9.84 Å². The Morgan fingerprint density at radius 1 is 1.35 bits per heavy atom. The number of carbonyl (C=O) groups excluding carboxylic acids is 1. The number of nitrogens with one attached hydrogen (secondary N) is 1. The van der Waals surface area contributed by atoms with Crippen molar-refractivity contribution in [3.63, 3.8) is 0 Å². The molecule has 1 aliphatic rings. The Balaban J connectivity index is 1.89. The molecule has 0 spiro atoms. The first-order chi connectivity index (χ1) is 10.9. The molecule has 1 atom stereocenters. The minimum absolute atomic E-state index is 0.0469. The Bertz CT molecular complexity index is 631. The minimum atomic E-state index is -3.31. The van der Waals surface area contributed by atoms with Gasteiger partial charge in [-0.2, -0.15) is 0 Å². The number of hydrogen-bond donors (Lipinski definition) is 1. The van der Waals surface area contributed by atoms with Crippen molar-refractivity contribution in [3.8, 4) is 0 Å². The first-order valence-electron chi connectivity index (χ1n) is 7.91. The summed E-state index contributed by atoms with van der Waals surface area (Å²) in [6, 6.07) is 6.38. The molecule has 1 heterocycles. The van der Waals surface area contributed by atoms with Crippen molar-refractivity contribution in [3.05, 3.63) is 29.3 Å². The molecule has 1 aliphatic heterocycles. The number of likely N-dealkylation sites (tertiary alicyclic amines) is 1. The number of hydrogen-bond acceptors (Lipinski definition) is 4. The van der Waals surface area contributed by atoms with Gasteiger partial charge in [0.2, 0.25) is 5.91 Å². The molecule has 0 aromatic heterocycles. The fourth-order valence-electron chi connectivity index (χ4n) is 2.72. The van der Waals surface area contributed by atoms with Crippen molar-refractivity contribution >= 4 is 27.3 Å². The van der Waals surface area contributed by atoms with Crippen LogP contribution >= 0.6 is 11.6 Å². The SMILES string of the molecule is CCC(=O)NC1CCCN(CCS(=O)(=O)c2ccc(Cl)cc2)C1. The number of amides is 1. The monoisotopic (exact) mass is 358 g/mol. The van der Waals surface area contributed by atoms with Crippen LogP contribution in [0.2, 0.25) is 5.02 Å². The quantitative estimate of drug-likeness (QED) is 0.845. The molecule has 5 nitrogen and oxygen atoms in total. The third kappa shape index (κ3) is 5.48. The lowest BCUT2D eigenvalue weighted by Crippen LogP contribution is -2.48. The summed E-state index contributed by atoms with van der Waals surface area (Å²) in [5.41, 5.74) is 0. The maximum absolute atomic E-state index is 12.4. The Labute approximate surface area is 142 Å². The number of benzene rings is 1. The van der Waals surface area contributed by atoms with Crippen molar-refractivity contribution in [2.45, 2.75) is 37.1 Å². The molecule has 0 saturated carbocycles. The van der Waals surface area contributed by atoms with Gasteiger partial charge in [-0.3, -0.25) is 4.79 Å². The molecule has 0 radical (unpaired) electrons. The van der Waals surface area contributed by atoms with Crippen LogP contribution in [0.25, 0.3) is 0 Å². The van der Waals surface area contributed by atoms with Gasteiger partial charge < -0.3 is 10.2 Å². The number of piperidine rings is 1. The van der Waals surface area contributed by atoms with E-state index in [9.17, 15) is 13.2 Å². The van der Waals surface area contributed by atoms with E-state index in [-0.39, 0.29) is 17.7 Å². The van der Waals surface area contributed by atoms with Crippen LogP contribution in [0.1, 0.15) is 26.2 Å². The van der Waals surface area contributed by atoms with E-state index >= 15 is 0 Å². The zero-order valence-electron chi connectivity index (χ0n) is 13.3. The predicted molar refractivity (Wildman–Crippen MR) is 91.4 cm³/mol. The van der Waals surface area contributed by atoms with E-state index in [0.717, 1.165) is 19.4 Å². The lowest BCUT2D eigenvalue weighted by atomic mass is 10.1. The second kappa shape index (κ2) is 8.13. The topological polar surface area (TPSA) is 66.5 Å². The smallest absolute Gasteiger partial charge is 0.219 e. The lowest BCUT2D eigenvalue weighted by molar-refractivity contribution is -0.121. The van der Waals surface area contributed by atoms with E-state index in [1.807, 2.05) is 6.92 Å². The number of rotatable bonds is 6. The van der Waals surface area contributed by atoms with Gasteiger partial charge >= 0.3 is 0 Å². The maximum atomic E-state index is 12.4. The third-order valence-corrected chi connectivity index (χ3v) is 6.00. The Kier molecular flexibility index (Phi) is 6.44. The highest BCUT2D eigenvalue weighted by atomic mass is 35.5. The van der Waals surface area contributed by atoms with Gasteiger partial charge in [-0.15, -0.1) is 0 Å². The molecule has 1 unspecified atom stereocenters. The van der Waals surface area contributed by atoms with Crippen LogP contribution in [0.15, 0.2) is 29.2 Å². The standard InChI is InChI=1S/C16H23ClN2O3S/c1-2-16(20)18-14-4-3-9-19(12-14)10-11-23(21,22)15-7-5-13(17)6-8-15/h5-8,14H,2-4,9-12H2,1H3,(H,18,20). The number of carbonyl (C=O) groups is 1. The van der Waals surface area contributed by atoms with Crippen LogP contribution < -0.4 is 5.32 Å². The van der Waals surface area contributed by atoms with Gasteiger partial charge in [0.25, 0.3) is 0 Å². The molecule has 1 saturated heterocycles. The summed E-state index contributed by atoms with van der Waals surface area (Å²) >= 11 is 5.79. The van der Waals surface area contributed by atoms with E-state index in [0.29, 0.717) is 29.4 Å². The Morgan fingerprint density at radius 2 is 2.04 bits per heavy atom. The molecule has 0 aliphatic carbocycles. The van der Waals surface area contributed by atoms with Crippen LogP contribution in [0, 0.1) is 0 Å². The molecular formula is C16H23ClN2O3S. The van der Waals surface area contributed by atoms with E-state index < -0.39 is 9.84 Å². The largest absolute Gasteiger partial charge is 0.352 e. The van der Waals surface area contributed by atoms with Gasteiger partial charge in [0, 0.05) is 30.6 Å². The minimum Gasteiger partial charge on any atom is -0.352 e.